The van der Waals surface area contributed by atoms with Gasteiger partial charge in [0.2, 0.25) is 10.8 Å². The van der Waals surface area contributed by atoms with Gasteiger partial charge in [0.05, 0.1) is 0 Å². The van der Waals surface area contributed by atoms with Crippen molar-refractivity contribution in [2.24, 2.45) is 0 Å². The Bertz CT molecular complexity index is 1390. The molecule has 0 radical (unpaired) electrons. The average molecular weight is 589 g/mol. The zero-order valence-corrected chi connectivity index (χ0v) is 24.8. The van der Waals surface area contributed by atoms with E-state index in [0.29, 0.717) is 25.7 Å². The van der Waals surface area contributed by atoms with E-state index in [4.69, 9.17) is 10.8 Å². The van der Waals surface area contributed by atoms with Crippen LogP contribution in [0.4, 0.5) is 11.4 Å². The molecule has 0 spiro atoms. The van der Waals surface area contributed by atoms with E-state index in [1.807, 2.05) is 13.8 Å². The Morgan fingerprint density at radius 2 is 0.786 bits per heavy atom. The molecule has 2 N–H and O–H groups in total. The van der Waals surface area contributed by atoms with Crippen LogP contribution in [0.5, 0.6) is 11.8 Å². The smallest absolute Gasteiger partial charge is 0.488 e. The van der Waals surface area contributed by atoms with Gasteiger partial charge < -0.3 is 10.2 Å². The minimum atomic E-state index is -0.794. The Morgan fingerprint density at radius 1 is 0.500 bits per heavy atom. The maximum absolute atomic E-state index is 12.7. The molecule has 0 unspecified atom stereocenters. The number of aromatic nitrogens is 4. The molecule has 0 aromatic carbocycles. The van der Waals surface area contributed by atoms with E-state index in [1.54, 1.807) is 0 Å². The SMILES string of the molecule is CCCCn1c(=O)c([N+]#N)c(O)n(CCCCCCCCCCCCn2c(O)c([N+]#N)c(=O)n(CCCC)c2=O)c1=O. The number of nitrogens with zero attached hydrogens (tertiary/aromatic N) is 8. The van der Waals surface area contributed by atoms with Gasteiger partial charge in [0, 0.05) is 26.2 Å². The molecule has 14 nitrogen and oxygen atoms in total. The number of hydrogen-bond acceptors (Lipinski definition) is 8. The largest absolute Gasteiger partial charge is 0.508 e. The summed E-state index contributed by atoms with van der Waals surface area (Å²) < 4.78 is 4.21. The van der Waals surface area contributed by atoms with Gasteiger partial charge >= 0.3 is 45.6 Å². The van der Waals surface area contributed by atoms with E-state index in [0.717, 1.165) is 82.5 Å². The highest BCUT2D eigenvalue weighted by atomic mass is 16.3. The molecule has 0 aliphatic carbocycles. The summed E-state index contributed by atoms with van der Waals surface area (Å²) in [6, 6.07) is 0. The number of aromatic hydroxyl groups is 2. The third kappa shape index (κ3) is 8.65. The minimum Gasteiger partial charge on any atom is -0.488 e. The van der Waals surface area contributed by atoms with Crippen molar-refractivity contribution in [3.8, 4) is 11.8 Å². The molecular formula is C28H44N8O6+2. The molecule has 0 fully saturated rings. The van der Waals surface area contributed by atoms with Crippen molar-refractivity contribution in [3.05, 3.63) is 51.6 Å². The summed E-state index contributed by atoms with van der Waals surface area (Å²) in [4.78, 5) is 55.8. The van der Waals surface area contributed by atoms with Crippen LogP contribution in [0.15, 0.2) is 19.2 Å². The minimum absolute atomic E-state index is 0.201. The predicted molar refractivity (Wildman–Crippen MR) is 159 cm³/mol. The number of rotatable bonds is 19. The zero-order chi connectivity index (χ0) is 31.1. The van der Waals surface area contributed by atoms with Crippen LogP contribution >= 0.6 is 0 Å². The molecule has 0 aliphatic rings. The van der Waals surface area contributed by atoms with Crippen LogP contribution < -0.4 is 22.5 Å². The molecule has 14 heteroatoms. The first-order chi connectivity index (χ1) is 20.2. The van der Waals surface area contributed by atoms with Gasteiger partial charge in [-0.3, -0.25) is 27.9 Å². The second-order valence-corrected chi connectivity index (χ2v) is 10.6. The lowest BCUT2D eigenvalue weighted by Crippen LogP contribution is -2.39. The van der Waals surface area contributed by atoms with Gasteiger partial charge in [-0.15, -0.1) is 0 Å². The van der Waals surface area contributed by atoms with Crippen LogP contribution in [0.2, 0.25) is 0 Å². The summed E-state index contributed by atoms with van der Waals surface area (Å²) in [6.45, 7) is 4.72. The van der Waals surface area contributed by atoms with Crippen molar-refractivity contribution in [3.63, 3.8) is 0 Å². The number of unbranched alkanes of at least 4 members (excludes halogenated alkanes) is 11. The van der Waals surface area contributed by atoms with Gasteiger partial charge in [0.15, 0.2) is 9.95 Å². The first kappa shape index (κ1) is 34.0. The summed E-state index contributed by atoms with van der Waals surface area (Å²) in [5, 5.41) is 38.8. The van der Waals surface area contributed by atoms with Crippen molar-refractivity contribution >= 4 is 11.4 Å². The van der Waals surface area contributed by atoms with Crippen molar-refractivity contribution in [1.82, 2.24) is 18.3 Å². The van der Waals surface area contributed by atoms with Crippen LogP contribution in [-0.2, 0) is 26.2 Å². The van der Waals surface area contributed by atoms with Gasteiger partial charge in [-0.2, -0.15) is 0 Å². The van der Waals surface area contributed by atoms with Crippen LogP contribution in [0, 0.1) is 10.8 Å². The summed E-state index contributed by atoms with van der Waals surface area (Å²) in [5.41, 5.74) is -3.82. The molecule has 2 aromatic heterocycles. The van der Waals surface area contributed by atoms with Gasteiger partial charge in [-0.1, -0.05) is 78.1 Å². The lowest BCUT2D eigenvalue weighted by molar-refractivity contribution is 0.382. The molecule has 42 heavy (non-hydrogen) atoms. The quantitative estimate of drug-likeness (QED) is 0.171. The van der Waals surface area contributed by atoms with Crippen molar-refractivity contribution in [1.29, 1.82) is 10.8 Å². The molecule has 0 saturated carbocycles. The maximum atomic E-state index is 12.7. The predicted octanol–water partition coefficient (Wildman–Crippen LogP) is 4.92. The van der Waals surface area contributed by atoms with Crippen molar-refractivity contribution in [2.75, 3.05) is 0 Å². The van der Waals surface area contributed by atoms with Gasteiger partial charge in [-0.25, -0.2) is 9.59 Å². The lowest BCUT2D eigenvalue weighted by Gasteiger charge is -2.10. The first-order valence-electron chi connectivity index (χ1n) is 15.1. The Morgan fingerprint density at radius 3 is 1.07 bits per heavy atom. The molecular weight excluding hydrogens is 544 g/mol. The fourth-order valence-corrected chi connectivity index (χ4v) is 4.91. The second-order valence-electron chi connectivity index (χ2n) is 10.6. The number of diazo groups is 2. The Balaban J connectivity index is 1.72. The van der Waals surface area contributed by atoms with Crippen molar-refractivity contribution < 1.29 is 10.2 Å². The van der Waals surface area contributed by atoms with E-state index < -0.39 is 45.6 Å². The molecule has 2 rings (SSSR count). The summed E-state index contributed by atoms with van der Waals surface area (Å²) in [5.74, 6) is -1.22. The highest BCUT2D eigenvalue weighted by Gasteiger charge is 2.29. The van der Waals surface area contributed by atoms with Crippen LogP contribution in [0.1, 0.15) is 104 Å². The normalized spacial score (nSPS) is 11.0. The van der Waals surface area contributed by atoms with Crippen LogP contribution in [0.25, 0.3) is 9.95 Å². The molecule has 0 atom stereocenters. The van der Waals surface area contributed by atoms with Gasteiger partial charge in [-0.05, 0) is 25.7 Å². The van der Waals surface area contributed by atoms with Crippen LogP contribution in [-0.4, -0.2) is 28.5 Å². The lowest BCUT2D eigenvalue weighted by atomic mass is 10.1. The highest BCUT2D eigenvalue weighted by Crippen LogP contribution is 2.22. The molecule has 230 valence electrons. The molecule has 0 bridgehead atoms. The second kappa shape index (κ2) is 17.6. The van der Waals surface area contributed by atoms with Gasteiger partial charge in [0.25, 0.3) is 0 Å². The average Bonchev–Trinajstić information content (AvgIpc) is 2.97. The summed E-state index contributed by atoms with van der Waals surface area (Å²) in [7, 11) is 0. The van der Waals surface area contributed by atoms with E-state index >= 15 is 0 Å². The highest BCUT2D eigenvalue weighted by molar-refractivity contribution is 5.51. The van der Waals surface area contributed by atoms with E-state index in [2.05, 4.69) is 9.95 Å². The molecule has 0 amide bonds. The third-order valence-corrected chi connectivity index (χ3v) is 7.44. The third-order valence-electron chi connectivity index (χ3n) is 7.44. The monoisotopic (exact) mass is 588 g/mol. The summed E-state index contributed by atoms with van der Waals surface area (Å²) in [6.07, 6.45) is 11.8. The topological polar surface area (TPSA) is 185 Å². The van der Waals surface area contributed by atoms with E-state index in [-0.39, 0.29) is 26.2 Å². The first-order valence-corrected chi connectivity index (χ1v) is 15.1. The Kier molecular flexibility index (Phi) is 14.2. The molecule has 2 aromatic rings. The Hall–Kier alpha value is -4.20. The Labute approximate surface area is 244 Å². The molecule has 0 saturated heterocycles. The fourth-order valence-electron chi connectivity index (χ4n) is 4.91. The van der Waals surface area contributed by atoms with E-state index in [9.17, 15) is 29.4 Å². The van der Waals surface area contributed by atoms with Crippen LogP contribution in [0.3, 0.4) is 0 Å². The summed E-state index contributed by atoms with van der Waals surface area (Å²) >= 11 is 0. The van der Waals surface area contributed by atoms with Gasteiger partial charge in [0.1, 0.15) is 0 Å². The maximum Gasteiger partial charge on any atom is 0.508 e. The van der Waals surface area contributed by atoms with E-state index in [1.165, 1.54) is 0 Å². The zero-order valence-electron chi connectivity index (χ0n) is 24.8. The number of hydrogen-bond donors (Lipinski definition) is 2. The molecule has 2 heterocycles. The molecule has 0 aliphatic heterocycles. The van der Waals surface area contributed by atoms with Crippen molar-refractivity contribution in [2.45, 2.75) is 130 Å². The fraction of sp³-hybridized carbons (Fsp3) is 0.714. The standard InChI is InChI=1S/C28H42N8O6/c1-3-5-17-33-23(37)21(31-29)25(39)35(27(33)41)19-15-13-11-9-7-8-10-12-14-16-20-36-26(40)22(32-30)24(38)34(28(36)42)18-6-4-2/h3-20H2,1-2H3/p+2.